The van der Waals surface area contributed by atoms with Gasteiger partial charge in [-0.05, 0) is 31.1 Å². The van der Waals surface area contributed by atoms with E-state index in [-0.39, 0.29) is 0 Å². The van der Waals surface area contributed by atoms with Crippen molar-refractivity contribution in [1.29, 1.82) is 0 Å². The molecule has 0 radical (unpaired) electrons. The second kappa shape index (κ2) is 9.81. The maximum atomic E-state index is 12.2. The Morgan fingerprint density at radius 1 is 1.12 bits per heavy atom. The molecule has 1 aromatic carbocycles. The highest BCUT2D eigenvalue weighted by Gasteiger charge is 2.31. The standard InChI is InChI=1S/C20H28N2O2/c1-2-3-4-5-10-15-20(16-11-7-12-17-20)24-19(23)22-21-18-13-8-6-9-14-18/h6-9,11-14,16,21H,2-5,10,15,17H2,1H3,(H,22,23). The first-order chi connectivity index (χ1) is 11.7. The molecule has 0 bridgehead atoms. The number of unbranched alkanes of at least 4 members (excludes halogenated alkanes) is 4. The third-order valence-corrected chi connectivity index (χ3v) is 4.19. The lowest BCUT2D eigenvalue weighted by atomic mass is 9.89. The van der Waals surface area contributed by atoms with Gasteiger partial charge in [0, 0.05) is 6.42 Å². The molecule has 1 aliphatic carbocycles. The van der Waals surface area contributed by atoms with E-state index in [1.807, 2.05) is 48.6 Å². The second-order valence-electron chi connectivity index (χ2n) is 6.23. The number of nitrogens with one attached hydrogen (secondary N) is 2. The van der Waals surface area contributed by atoms with Gasteiger partial charge in [0.1, 0.15) is 5.60 Å². The van der Waals surface area contributed by atoms with Crippen LogP contribution >= 0.6 is 0 Å². The molecule has 0 fully saturated rings. The highest BCUT2D eigenvalue weighted by atomic mass is 16.6. The van der Waals surface area contributed by atoms with E-state index in [1.54, 1.807) is 0 Å². The predicted octanol–water partition coefficient (Wildman–Crippen LogP) is 5.36. The fourth-order valence-electron chi connectivity index (χ4n) is 2.84. The fourth-order valence-corrected chi connectivity index (χ4v) is 2.84. The number of para-hydroxylation sites is 1. The first kappa shape index (κ1) is 18.1. The Morgan fingerprint density at radius 2 is 1.92 bits per heavy atom. The summed E-state index contributed by atoms with van der Waals surface area (Å²) in [6.45, 7) is 2.21. The van der Waals surface area contributed by atoms with E-state index in [0.29, 0.717) is 0 Å². The molecule has 4 nitrogen and oxygen atoms in total. The van der Waals surface area contributed by atoms with Crippen LogP contribution in [0.3, 0.4) is 0 Å². The van der Waals surface area contributed by atoms with E-state index < -0.39 is 11.7 Å². The number of benzene rings is 1. The highest BCUT2D eigenvalue weighted by Crippen LogP contribution is 2.29. The van der Waals surface area contributed by atoms with E-state index in [0.717, 1.165) is 24.9 Å². The van der Waals surface area contributed by atoms with Crippen LogP contribution in [0.25, 0.3) is 0 Å². The average molecular weight is 328 g/mol. The zero-order valence-corrected chi connectivity index (χ0v) is 14.5. The molecule has 1 aromatic rings. The molecule has 2 rings (SSSR count). The van der Waals surface area contributed by atoms with Gasteiger partial charge in [-0.15, -0.1) is 0 Å². The monoisotopic (exact) mass is 328 g/mol. The Labute approximate surface area is 145 Å². The van der Waals surface area contributed by atoms with Crippen LogP contribution in [0.15, 0.2) is 54.6 Å². The summed E-state index contributed by atoms with van der Waals surface area (Å²) in [6.07, 6.45) is 15.2. The molecule has 1 aliphatic rings. The van der Waals surface area contributed by atoms with Gasteiger partial charge in [-0.2, -0.15) is 0 Å². The smallest absolute Gasteiger partial charge is 0.426 e. The van der Waals surface area contributed by atoms with Gasteiger partial charge < -0.3 is 4.74 Å². The first-order valence-electron chi connectivity index (χ1n) is 8.88. The van der Waals surface area contributed by atoms with Crippen molar-refractivity contribution in [2.75, 3.05) is 5.43 Å². The number of hydrogen-bond donors (Lipinski definition) is 2. The lowest BCUT2D eigenvalue weighted by Crippen LogP contribution is -2.40. The molecule has 1 unspecified atom stereocenters. The van der Waals surface area contributed by atoms with Crippen molar-refractivity contribution in [3.8, 4) is 0 Å². The van der Waals surface area contributed by atoms with E-state index in [4.69, 9.17) is 4.74 Å². The Morgan fingerprint density at radius 3 is 2.62 bits per heavy atom. The number of hydrazine groups is 1. The van der Waals surface area contributed by atoms with Crippen molar-refractivity contribution in [3.63, 3.8) is 0 Å². The summed E-state index contributed by atoms with van der Waals surface area (Å²) in [7, 11) is 0. The van der Waals surface area contributed by atoms with Crippen LogP contribution in [0, 0.1) is 0 Å². The van der Waals surface area contributed by atoms with Gasteiger partial charge in [-0.1, -0.05) is 69.0 Å². The van der Waals surface area contributed by atoms with E-state index in [2.05, 4.69) is 23.9 Å². The molecular formula is C20H28N2O2. The van der Waals surface area contributed by atoms with Crippen LogP contribution in [0.2, 0.25) is 0 Å². The van der Waals surface area contributed by atoms with Crippen LogP contribution in [-0.4, -0.2) is 11.7 Å². The van der Waals surface area contributed by atoms with Crippen LogP contribution in [-0.2, 0) is 4.74 Å². The van der Waals surface area contributed by atoms with Gasteiger partial charge >= 0.3 is 6.09 Å². The quantitative estimate of drug-likeness (QED) is 0.474. The van der Waals surface area contributed by atoms with E-state index in [1.165, 1.54) is 25.7 Å². The zero-order valence-electron chi connectivity index (χ0n) is 14.5. The molecule has 0 saturated carbocycles. The molecule has 2 N–H and O–H groups in total. The molecule has 0 aromatic heterocycles. The largest absolute Gasteiger partial charge is 0.437 e. The van der Waals surface area contributed by atoms with Crippen molar-refractivity contribution in [1.82, 2.24) is 5.43 Å². The molecule has 1 amide bonds. The average Bonchev–Trinajstić information content (AvgIpc) is 2.61. The maximum absolute atomic E-state index is 12.2. The number of anilines is 1. The van der Waals surface area contributed by atoms with Gasteiger partial charge in [0.15, 0.2) is 0 Å². The minimum absolute atomic E-state index is 0.452. The maximum Gasteiger partial charge on any atom is 0.426 e. The first-order valence-corrected chi connectivity index (χ1v) is 8.88. The van der Waals surface area contributed by atoms with Crippen molar-refractivity contribution in [3.05, 3.63) is 54.6 Å². The number of allylic oxidation sites excluding steroid dienone is 2. The zero-order chi connectivity index (χ0) is 17.1. The van der Waals surface area contributed by atoms with Gasteiger partial charge in [0.25, 0.3) is 0 Å². The molecule has 24 heavy (non-hydrogen) atoms. The normalized spacial score (nSPS) is 19.0. The Hall–Kier alpha value is -2.23. The summed E-state index contributed by atoms with van der Waals surface area (Å²) in [5, 5.41) is 0. The molecule has 0 aliphatic heterocycles. The number of carbonyl (C=O) groups is 1. The van der Waals surface area contributed by atoms with Crippen LogP contribution in [0.5, 0.6) is 0 Å². The number of carbonyl (C=O) groups excluding carboxylic acids is 1. The Balaban J connectivity index is 1.82. The number of ether oxygens (including phenoxy) is 1. The van der Waals surface area contributed by atoms with Crippen molar-refractivity contribution >= 4 is 11.8 Å². The number of hydrogen-bond acceptors (Lipinski definition) is 3. The van der Waals surface area contributed by atoms with Crippen LogP contribution < -0.4 is 10.9 Å². The van der Waals surface area contributed by atoms with Gasteiger partial charge in [-0.3, -0.25) is 5.43 Å². The van der Waals surface area contributed by atoms with E-state index in [9.17, 15) is 4.79 Å². The van der Waals surface area contributed by atoms with Crippen LogP contribution in [0.1, 0.15) is 51.9 Å². The third kappa shape index (κ3) is 6.11. The predicted molar refractivity (Wildman–Crippen MR) is 98.7 cm³/mol. The molecule has 130 valence electrons. The topological polar surface area (TPSA) is 50.4 Å². The summed E-state index contributed by atoms with van der Waals surface area (Å²) >= 11 is 0. The molecule has 0 saturated heterocycles. The Bertz CT molecular complexity index is 554. The van der Waals surface area contributed by atoms with Gasteiger partial charge in [0.2, 0.25) is 0 Å². The Kier molecular flexibility index (Phi) is 7.40. The van der Waals surface area contributed by atoms with Crippen LogP contribution in [0.4, 0.5) is 10.5 Å². The van der Waals surface area contributed by atoms with Gasteiger partial charge in [-0.25, -0.2) is 10.2 Å². The number of rotatable bonds is 9. The second-order valence-corrected chi connectivity index (χ2v) is 6.23. The molecular weight excluding hydrogens is 300 g/mol. The van der Waals surface area contributed by atoms with Crippen molar-refractivity contribution in [2.45, 2.75) is 57.5 Å². The van der Waals surface area contributed by atoms with Crippen molar-refractivity contribution in [2.24, 2.45) is 0 Å². The highest BCUT2D eigenvalue weighted by molar-refractivity contribution is 5.70. The molecule has 0 spiro atoms. The number of amides is 1. The minimum Gasteiger partial charge on any atom is -0.437 e. The summed E-state index contributed by atoms with van der Waals surface area (Å²) in [5.41, 5.74) is 5.78. The molecule has 1 atom stereocenters. The third-order valence-electron chi connectivity index (χ3n) is 4.19. The summed E-state index contributed by atoms with van der Waals surface area (Å²) in [5.74, 6) is 0. The molecule has 0 heterocycles. The lowest BCUT2D eigenvalue weighted by Gasteiger charge is -2.31. The molecule has 4 heteroatoms. The van der Waals surface area contributed by atoms with Crippen molar-refractivity contribution < 1.29 is 9.53 Å². The summed E-state index contributed by atoms with van der Waals surface area (Å²) in [4.78, 5) is 12.2. The SMILES string of the molecule is CCCCCCCC1(OC(=O)NNc2ccccc2)C=CC=CC1. The van der Waals surface area contributed by atoms with E-state index >= 15 is 0 Å². The summed E-state index contributed by atoms with van der Waals surface area (Å²) < 4.78 is 5.76. The lowest BCUT2D eigenvalue weighted by molar-refractivity contribution is 0.0410. The van der Waals surface area contributed by atoms with Gasteiger partial charge in [0.05, 0.1) is 5.69 Å². The minimum atomic E-state index is -0.524. The summed E-state index contributed by atoms with van der Waals surface area (Å²) in [6, 6.07) is 9.50. The fraction of sp³-hybridized carbons (Fsp3) is 0.450.